The highest BCUT2D eigenvalue weighted by molar-refractivity contribution is 5.99. The molecular formula is C15H13FN2O. The summed E-state index contributed by atoms with van der Waals surface area (Å²) < 4.78 is 14.0. The van der Waals surface area contributed by atoms with Crippen LogP contribution in [0.1, 0.15) is 5.56 Å². The molecular weight excluding hydrogens is 243 g/mol. The third kappa shape index (κ3) is 3.04. The first-order chi connectivity index (χ1) is 9.10. The molecule has 96 valence electrons. The van der Waals surface area contributed by atoms with Gasteiger partial charge in [0.05, 0.1) is 0 Å². The van der Waals surface area contributed by atoms with Crippen LogP contribution in [-0.2, 0) is 4.79 Å². The number of anilines is 1. The summed E-state index contributed by atoms with van der Waals surface area (Å²) in [6.07, 6.45) is 4.45. The summed E-state index contributed by atoms with van der Waals surface area (Å²) >= 11 is 0. The zero-order chi connectivity index (χ0) is 13.8. The number of carbonyl (C=O) groups is 1. The number of carbonyl (C=O) groups excluding carboxylic acids is 1. The number of aromatic nitrogens is 1. The molecule has 1 heterocycles. The van der Waals surface area contributed by atoms with Gasteiger partial charge in [-0.25, -0.2) is 4.39 Å². The van der Waals surface area contributed by atoms with Crippen molar-refractivity contribution in [2.75, 3.05) is 5.32 Å². The number of halogens is 1. The third-order valence-electron chi connectivity index (χ3n) is 2.61. The second kappa shape index (κ2) is 5.44. The van der Waals surface area contributed by atoms with Crippen LogP contribution in [0.5, 0.6) is 0 Å². The topological polar surface area (TPSA) is 42.0 Å². The predicted molar refractivity (Wildman–Crippen MR) is 73.2 cm³/mol. The van der Waals surface area contributed by atoms with Crippen LogP contribution in [0, 0.1) is 12.7 Å². The highest BCUT2D eigenvalue weighted by atomic mass is 19.1. The number of pyridine rings is 1. The van der Waals surface area contributed by atoms with E-state index in [1.165, 1.54) is 6.07 Å². The fourth-order valence-corrected chi connectivity index (χ4v) is 1.72. The van der Waals surface area contributed by atoms with Gasteiger partial charge in [0.1, 0.15) is 5.82 Å². The number of hydrogen-bond donors (Lipinski definition) is 1. The van der Waals surface area contributed by atoms with Crippen LogP contribution in [0.2, 0.25) is 0 Å². The first-order valence-electron chi connectivity index (χ1n) is 5.75. The molecule has 0 aliphatic rings. The minimum atomic E-state index is -0.408. The Morgan fingerprint density at radius 2 is 2.16 bits per heavy atom. The Hall–Kier alpha value is -2.49. The molecule has 0 aliphatic carbocycles. The van der Waals surface area contributed by atoms with Gasteiger partial charge in [-0.05, 0) is 42.8 Å². The van der Waals surface area contributed by atoms with Crippen LogP contribution >= 0.6 is 0 Å². The second-order valence-corrected chi connectivity index (χ2v) is 4.14. The van der Waals surface area contributed by atoms with Crippen molar-refractivity contribution in [2.24, 2.45) is 0 Å². The Bertz CT molecular complexity index is 638. The first-order valence-corrected chi connectivity index (χ1v) is 5.75. The normalized spacial score (nSPS) is 10.0. The van der Waals surface area contributed by atoms with Gasteiger partial charge in [-0.3, -0.25) is 9.78 Å². The van der Waals surface area contributed by atoms with Crippen LogP contribution in [0.4, 0.5) is 10.1 Å². The summed E-state index contributed by atoms with van der Waals surface area (Å²) in [5, 5.41) is 2.51. The minimum Gasteiger partial charge on any atom is -0.322 e. The van der Waals surface area contributed by atoms with Gasteiger partial charge < -0.3 is 5.32 Å². The van der Waals surface area contributed by atoms with E-state index >= 15 is 0 Å². The number of nitrogens with zero attached hydrogens (tertiary/aromatic N) is 1. The SMILES string of the molecule is C=CC(=O)Nc1ccc(-c2cncc(C)c2)c(F)c1. The molecule has 0 bridgehead atoms. The quantitative estimate of drug-likeness (QED) is 0.856. The Balaban J connectivity index is 2.34. The summed E-state index contributed by atoms with van der Waals surface area (Å²) in [5.74, 6) is -0.779. The summed E-state index contributed by atoms with van der Waals surface area (Å²) in [6, 6.07) is 6.39. The summed E-state index contributed by atoms with van der Waals surface area (Å²) in [7, 11) is 0. The van der Waals surface area contributed by atoms with E-state index in [2.05, 4.69) is 16.9 Å². The lowest BCUT2D eigenvalue weighted by molar-refractivity contribution is -0.111. The number of aryl methyl sites for hydroxylation is 1. The first kappa shape index (κ1) is 13.0. The average Bonchev–Trinajstić information content (AvgIpc) is 2.38. The molecule has 0 saturated carbocycles. The maximum absolute atomic E-state index is 14.0. The fraction of sp³-hybridized carbons (Fsp3) is 0.0667. The van der Waals surface area contributed by atoms with Gasteiger partial charge in [0.25, 0.3) is 0 Å². The van der Waals surface area contributed by atoms with Crippen molar-refractivity contribution in [3.05, 3.63) is 60.7 Å². The Labute approximate surface area is 110 Å². The van der Waals surface area contributed by atoms with Crippen molar-refractivity contribution in [1.82, 2.24) is 4.98 Å². The number of hydrogen-bond acceptors (Lipinski definition) is 2. The molecule has 0 aliphatic heterocycles. The van der Waals surface area contributed by atoms with Crippen molar-refractivity contribution in [3.63, 3.8) is 0 Å². The van der Waals surface area contributed by atoms with Crippen LogP contribution in [0.3, 0.4) is 0 Å². The monoisotopic (exact) mass is 256 g/mol. The summed E-state index contributed by atoms with van der Waals surface area (Å²) in [6.45, 7) is 5.24. The Morgan fingerprint density at radius 1 is 1.37 bits per heavy atom. The van der Waals surface area contributed by atoms with Crippen molar-refractivity contribution >= 4 is 11.6 Å². The minimum absolute atomic E-state index is 0.371. The van der Waals surface area contributed by atoms with Crippen LogP contribution in [0.25, 0.3) is 11.1 Å². The standard InChI is InChI=1S/C15H13FN2O/c1-3-15(19)18-12-4-5-13(14(16)7-12)11-6-10(2)8-17-9-11/h3-9H,1H2,2H3,(H,18,19). The van der Waals surface area contributed by atoms with Gasteiger partial charge in [-0.15, -0.1) is 0 Å². The molecule has 1 aromatic heterocycles. The molecule has 1 aromatic carbocycles. The molecule has 3 nitrogen and oxygen atoms in total. The van der Waals surface area contributed by atoms with Crippen LogP contribution < -0.4 is 5.32 Å². The van der Waals surface area contributed by atoms with E-state index in [1.807, 2.05) is 13.0 Å². The lowest BCUT2D eigenvalue weighted by Crippen LogP contribution is -2.07. The lowest BCUT2D eigenvalue weighted by atomic mass is 10.1. The average molecular weight is 256 g/mol. The van der Waals surface area contributed by atoms with Crippen molar-refractivity contribution in [2.45, 2.75) is 6.92 Å². The van der Waals surface area contributed by atoms with Crippen LogP contribution in [-0.4, -0.2) is 10.9 Å². The Kier molecular flexibility index (Phi) is 3.71. The molecule has 0 fully saturated rings. The zero-order valence-electron chi connectivity index (χ0n) is 10.5. The van der Waals surface area contributed by atoms with E-state index in [0.29, 0.717) is 16.8 Å². The molecule has 0 saturated heterocycles. The van der Waals surface area contributed by atoms with Crippen LogP contribution in [0.15, 0.2) is 49.3 Å². The highest BCUT2D eigenvalue weighted by Crippen LogP contribution is 2.25. The predicted octanol–water partition coefficient (Wildman–Crippen LogP) is 3.32. The number of nitrogens with one attached hydrogen (secondary N) is 1. The number of rotatable bonds is 3. The third-order valence-corrected chi connectivity index (χ3v) is 2.61. The van der Waals surface area contributed by atoms with Gasteiger partial charge in [0.2, 0.25) is 5.91 Å². The number of benzene rings is 1. The van der Waals surface area contributed by atoms with E-state index in [9.17, 15) is 9.18 Å². The molecule has 2 aromatic rings. The molecule has 0 atom stereocenters. The maximum Gasteiger partial charge on any atom is 0.247 e. The van der Waals surface area contributed by atoms with Crippen molar-refractivity contribution in [3.8, 4) is 11.1 Å². The van der Waals surface area contributed by atoms with Gasteiger partial charge in [-0.2, -0.15) is 0 Å². The molecule has 2 rings (SSSR count). The molecule has 19 heavy (non-hydrogen) atoms. The maximum atomic E-state index is 14.0. The Morgan fingerprint density at radius 3 is 2.79 bits per heavy atom. The van der Waals surface area contributed by atoms with E-state index in [0.717, 1.165) is 11.6 Å². The fourth-order valence-electron chi connectivity index (χ4n) is 1.72. The largest absolute Gasteiger partial charge is 0.322 e. The van der Waals surface area contributed by atoms with E-state index in [-0.39, 0.29) is 5.91 Å². The van der Waals surface area contributed by atoms with Crippen molar-refractivity contribution in [1.29, 1.82) is 0 Å². The van der Waals surface area contributed by atoms with Gasteiger partial charge >= 0.3 is 0 Å². The molecule has 0 unspecified atom stereocenters. The van der Waals surface area contributed by atoms with E-state index < -0.39 is 5.82 Å². The molecule has 0 spiro atoms. The van der Waals surface area contributed by atoms with Crippen molar-refractivity contribution < 1.29 is 9.18 Å². The summed E-state index contributed by atoms with van der Waals surface area (Å²) in [5.41, 5.74) is 2.51. The van der Waals surface area contributed by atoms with Gasteiger partial charge in [0, 0.05) is 29.2 Å². The molecule has 0 radical (unpaired) electrons. The summed E-state index contributed by atoms with van der Waals surface area (Å²) in [4.78, 5) is 15.2. The second-order valence-electron chi connectivity index (χ2n) is 4.14. The lowest BCUT2D eigenvalue weighted by Gasteiger charge is -2.07. The van der Waals surface area contributed by atoms with E-state index in [4.69, 9.17) is 0 Å². The van der Waals surface area contributed by atoms with E-state index in [1.54, 1.807) is 24.5 Å². The highest BCUT2D eigenvalue weighted by Gasteiger charge is 2.07. The van der Waals surface area contributed by atoms with Gasteiger partial charge in [0.15, 0.2) is 0 Å². The number of amides is 1. The molecule has 1 amide bonds. The smallest absolute Gasteiger partial charge is 0.247 e. The molecule has 1 N–H and O–H groups in total. The zero-order valence-corrected chi connectivity index (χ0v) is 10.5. The van der Waals surface area contributed by atoms with Gasteiger partial charge in [-0.1, -0.05) is 6.58 Å². The molecule has 4 heteroatoms.